The van der Waals surface area contributed by atoms with Gasteiger partial charge in [0.15, 0.2) is 0 Å². The Morgan fingerprint density at radius 2 is 1.61 bits per heavy atom. The summed E-state index contributed by atoms with van der Waals surface area (Å²) in [5.41, 5.74) is -0.740. The predicted octanol–water partition coefficient (Wildman–Crippen LogP) is 8.11. The summed E-state index contributed by atoms with van der Waals surface area (Å²) in [7, 11) is 0. The van der Waals surface area contributed by atoms with E-state index in [4.69, 9.17) is 32.7 Å². The van der Waals surface area contributed by atoms with E-state index in [0.29, 0.717) is 30.0 Å². The number of alkyl halides is 3. The molecule has 1 fully saturated rings. The summed E-state index contributed by atoms with van der Waals surface area (Å²) in [6, 6.07) is 10.4. The van der Waals surface area contributed by atoms with Crippen LogP contribution in [0.15, 0.2) is 42.5 Å². The summed E-state index contributed by atoms with van der Waals surface area (Å²) in [6.45, 7) is 8.41. The second-order valence-electron chi connectivity index (χ2n) is 10.6. The normalized spacial score (nSPS) is 17.3. The predicted molar refractivity (Wildman–Crippen MR) is 141 cm³/mol. The Hall–Kier alpha value is -2.29. The van der Waals surface area contributed by atoms with Crippen molar-refractivity contribution in [3.8, 4) is 0 Å². The van der Waals surface area contributed by atoms with Crippen LogP contribution in [0, 0.1) is 11.3 Å². The third kappa shape index (κ3) is 7.01. The fourth-order valence-corrected chi connectivity index (χ4v) is 4.66. The van der Waals surface area contributed by atoms with Gasteiger partial charge in [0, 0.05) is 11.6 Å². The molecule has 0 aliphatic heterocycles. The van der Waals surface area contributed by atoms with Crippen molar-refractivity contribution in [3.05, 3.63) is 63.6 Å². The number of hydrogen-bond acceptors (Lipinski definition) is 4. The maximum Gasteiger partial charge on any atom is 0.392 e. The molecular formula is C28H32Cl2F3NO4. The average Bonchev–Trinajstić information content (AvgIpc) is 3.61. The molecule has 0 heterocycles. The molecule has 1 aliphatic carbocycles. The number of hydrogen-bond donors (Lipinski definition) is 1. The number of halogens is 5. The second-order valence-corrected chi connectivity index (χ2v) is 11.4. The van der Waals surface area contributed by atoms with Gasteiger partial charge in [0.05, 0.1) is 34.1 Å². The van der Waals surface area contributed by atoms with Gasteiger partial charge < -0.3 is 14.8 Å². The zero-order valence-corrected chi connectivity index (χ0v) is 23.4. The van der Waals surface area contributed by atoms with Gasteiger partial charge in [0.1, 0.15) is 5.60 Å². The molecule has 0 spiro atoms. The van der Waals surface area contributed by atoms with Crippen LogP contribution < -0.4 is 5.32 Å². The van der Waals surface area contributed by atoms with Crippen LogP contribution in [-0.4, -0.2) is 30.3 Å². The smallest absolute Gasteiger partial charge is 0.392 e. The zero-order chi connectivity index (χ0) is 28.5. The fourth-order valence-electron chi connectivity index (χ4n) is 4.37. The van der Waals surface area contributed by atoms with E-state index in [-0.39, 0.29) is 22.2 Å². The fraction of sp³-hybridized carbons (Fsp3) is 0.500. The van der Waals surface area contributed by atoms with E-state index >= 15 is 0 Å². The van der Waals surface area contributed by atoms with Crippen LogP contribution in [-0.2, 0) is 19.1 Å². The number of benzene rings is 2. The number of carbonyl (C=O) groups is 2. The lowest BCUT2D eigenvalue weighted by molar-refractivity contribution is -0.178. The van der Waals surface area contributed by atoms with Crippen LogP contribution in [0.25, 0.3) is 0 Å². The highest BCUT2D eigenvalue weighted by Gasteiger charge is 2.59. The Balaban J connectivity index is 1.95. The molecule has 0 saturated heterocycles. The van der Waals surface area contributed by atoms with Crippen molar-refractivity contribution < 1.29 is 32.2 Å². The summed E-state index contributed by atoms with van der Waals surface area (Å²) < 4.78 is 52.8. The summed E-state index contributed by atoms with van der Waals surface area (Å²) >= 11 is 12.3. The summed E-state index contributed by atoms with van der Waals surface area (Å²) in [6.07, 6.45) is -4.20. The van der Waals surface area contributed by atoms with E-state index in [1.807, 2.05) is 0 Å². The maximum absolute atomic E-state index is 13.7. The first-order valence-corrected chi connectivity index (χ1v) is 13.1. The van der Waals surface area contributed by atoms with Gasteiger partial charge in [0.2, 0.25) is 5.91 Å². The molecule has 208 valence electrons. The lowest BCUT2D eigenvalue weighted by Gasteiger charge is -2.30. The zero-order valence-electron chi connectivity index (χ0n) is 21.9. The Morgan fingerprint density at radius 1 is 1.03 bits per heavy atom. The van der Waals surface area contributed by atoms with Gasteiger partial charge in [-0.3, -0.25) is 9.59 Å². The SMILES string of the molecule is CCOC(c1ccc(Cl)c(NC(=O)[C@H](c2ccc(Cl)cc2)[C@@H](C)C(F)(F)F)c1)C1(C(=O)OC(C)(C)C)CC1. The highest BCUT2D eigenvalue weighted by molar-refractivity contribution is 6.33. The third-order valence-electron chi connectivity index (χ3n) is 6.51. The molecule has 38 heavy (non-hydrogen) atoms. The number of carbonyl (C=O) groups excluding carboxylic acids is 2. The summed E-state index contributed by atoms with van der Waals surface area (Å²) in [4.78, 5) is 26.4. The molecule has 3 rings (SSSR count). The van der Waals surface area contributed by atoms with Crippen molar-refractivity contribution in [2.24, 2.45) is 11.3 Å². The van der Waals surface area contributed by atoms with Crippen molar-refractivity contribution >= 4 is 40.8 Å². The Kier molecular flexibility index (Phi) is 9.11. The molecule has 10 heteroatoms. The monoisotopic (exact) mass is 573 g/mol. The molecule has 2 aromatic carbocycles. The first kappa shape index (κ1) is 30.3. The molecule has 3 atom stereocenters. The lowest BCUT2D eigenvalue weighted by atomic mass is 9.85. The Labute approximate surface area is 231 Å². The third-order valence-corrected chi connectivity index (χ3v) is 7.09. The summed E-state index contributed by atoms with van der Waals surface area (Å²) in [5.74, 6) is -4.79. The van der Waals surface area contributed by atoms with Crippen LogP contribution in [0.4, 0.5) is 18.9 Å². The Morgan fingerprint density at radius 3 is 2.11 bits per heavy atom. The molecule has 1 N–H and O–H groups in total. The van der Waals surface area contributed by atoms with E-state index < -0.39 is 41.0 Å². The lowest BCUT2D eigenvalue weighted by Crippen LogP contribution is -2.35. The molecule has 5 nitrogen and oxygen atoms in total. The number of esters is 1. The van der Waals surface area contributed by atoms with Crippen molar-refractivity contribution in [2.75, 3.05) is 11.9 Å². The minimum absolute atomic E-state index is 0.118. The quantitative estimate of drug-likeness (QED) is 0.308. The highest BCUT2D eigenvalue weighted by Crippen LogP contribution is 2.58. The van der Waals surface area contributed by atoms with Gasteiger partial charge in [-0.2, -0.15) is 13.2 Å². The topological polar surface area (TPSA) is 64.6 Å². The first-order valence-electron chi connectivity index (χ1n) is 12.4. The van der Waals surface area contributed by atoms with Gasteiger partial charge in [-0.05, 0) is 75.9 Å². The van der Waals surface area contributed by atoms with E-state index in [1.54, 1.807) is 39.8 Å². The molecule has 1 saturated carbocycles. The minimum Gasteiger partial charge on any atom is -0.459 e. The molecule has 2 aromatic rings. The number of ether oxygens (including phenoxy) is 2. The van der Waals surface area contributed by atoms with Crippen molar-refractivity contribution in [3.63, 3.8) is 0 Å². The van der Waals surface area contributed by atoms with Gasteiger partial charge >= 0.3 is 12.1 Å². The van der Waals surface area contributed by atoms with Gasteiger partial charge in [-0.1, -0.05) is 48.3 Å². The van der Waals surface area contributed by atoms with Crippen LogP contribution >= 0.6 is 23.2 Å². The minimum atomic E-state index is -4.63. The maximum atomic E-state index is 13.7. The number of anilines is 1. The highest BCUT2D eigenvalue weighted by atomic mass is 35.5. The van der Waals surface area contributed by atoms with E-state index in [2.05, 4.69) is 5.32 Å². The largest absolute Gasteiger partial charge is 0.459 e. The van der Waals surface area contributed by atoms with Crippen LogP contribution in [0.1, 0.15) is 70.6 Å². The standard InChI is InChI=1S/C28H32Cl2F3NO4/c1-6-37-23(27(13-14-27)25(36)38-26(3,4)5)18-9-12-20(30)21(15-18)34-24(35)22(16(2)28(31,32)33)17-7-10-19(29)11-8-17/h7-12,15-16,22-23H,6,13-14H2,1-5H3,(H,34,35)/t16-,22+,23?/m1/s1. The molecule has 1 aliphatic rings. The van der Waals surface area contributed by atoms with Crippen molar-refractivity contribution in [1.82, 2.24) is 0 Å². The molecule has 0 radical (unpaired) electrons. The second kappa shape index (κ2) is 11.4. The van der Waals surface area contributed by atoms with Gasteiger partial charge in [-0.25, -0.2) is 0 Å². The van der Waals surface area contributed by atoms with Crippen LogP contribution in [0.2, 0.25) is 10.0 Å². The molecule has 0 bridgehead atoms. The first-order chi connectivity index (χ1) is 17.6. The molecule has 1 amide bonds. The van der Waals surface area contributed by atoms with Crippen LogP contribution in [0.5, 0.6) is 0 Å². The number of amides is 1. The van der Waals surface area contributed by atoms with Gasteiger partial charge in [0.25, 0.3) is 0 Å². The van der Waals surface area contributed by atoms with Gasteiger partial charge in [-0.15, -0.1) is 0 Å². The average molecular weight is 574 g/mol. The molecule has 1 unspecified atom stereocenters. The van der Waals surface area contributed by atoms with E-state index in [9.17, 15) is 22.8 Å². The number of rotatable bonds is 9. The van der Waals surface area contributed by atoms with Crippen molar-refractivity contribution in [1.29, 1.82) is 0 Å². The molecular weight excluding hydrogens is 542 g/mol. The van der Waals surface area contributed by atoms with E-state index in [0.717, 1.165) is 6.92 Å². The number of nitrogens with one attached hydrogen (secondary N) is 1. The van der Waals surface area contributed by atoms with Crippen LogP contribution in [0.3, 0.4) is 0 Å². The molecule has 0 aromatic heterocycles. The van der Waals surface area contributed by atoms with E-state index in [1.165, 1.54) is 30.3 Å². The van der Waals surface area contributed by atoms with Crippen molar-refractivity contribution in [2.45, 2.75) is 71.3 Å². The summed E-state index contributed by atoms with van der Waals surface area (Å²) in [5, 5.41) is 3.05. The Bertz CT molecular complexity index is 1160.